The van der Waals surface area contributed by atoms with Gasteiger partial charge in [-0.2, -0.15) is 5.21 Å². The highest BCUT2D eigenvalue weighted by molar-refractivity contribution is 4.88. The molecule has 5 nitrogen and oxygen atoms in total. The van der Waals surface area contributed by atoms with Crippen LogP contribution in [0.15, 0.2) is 0 Å². The number of hydrogen-bond donors (Lipinski definition) is 2. The van der Waals surface area contributed by atoms with Gasteiger partial charge in [0.25, 0.3) is 0 Å². The van der Waals surface area contributed by atoms with Gasteiger partial charge in [-0.15, -0.1) is 10.2 Å². The minimum atomic E-state index is 0.293. The minimum Gasteiger partial charge on any atom is -0.307 e. The fourth-order valence-electron chi connectivity index (χ4n) is 2.10. The van der Waals surface area contributed by atoms with E-state index in [0.29, 0.717) is 6.04 Å². The van der Waals surface area contributed by atoms with E-state index in [-0.39, 0.29) is 0 Å². The van der Waals surface area contributed by atoms with Crippen LogP contribution in [-0.4, -0.2) is 27.2 Å². The van der Waals surface area contributed by atoms with Gasteiger partial charge in [0.15, 0.2) is 5.82 Å². The van der Waals surface area contributed by atoms with E-state index in [0.717, 1.165) is 18.8 Å². The Labute approximate surface area is 90.0 Å². The molecule has 1 unspecified atom stereocenters. The summed E-state index contributed by atoms with van der Waals surface area (Å²) in [6, 6.07) is 0.293. The van der Waals surface area contributed by atoms with Gasteiger partial charge in [0.2, 0.25) is 0 Å². The zero-order valence-electron chi connectivity index (χ0n) is 9.08. The molecule has 0 bridgehead atoms. The van der Waals surface area contributed by atoms with Crippen molar-refractivity contribution in [1.29, 1.82) is 0 Å². The SMILES string of the molecule is C1CCCCC(c2nn[nH]n2)NCCC1. The third-order valence-electron chi connectivity index (χ3n) is 2.98. The molecule has 0 aliphatic carbocycles. The second kappa shape index (κ2) is 5.80. The van der Waals surface area contributed by atoms with Gasteiger partial charge in [0.1, 0.15) is 0 Å². The molecule has 1 saturated heterocycles. The summed E-state index contributed by atoms with van der Waals surface area (Å²) in [7, 11) is 0. The van der Waals surface area contributed by atoms with Crippen LogP contribution >= 0.6 is 0 Å². The lowest BCUT2D eigenvalue weighted by Crippen LogP contribution is -2.24. The van der Waals surface area contributed by atoms with Crippen molar-refractivity contribution in [3.8, 4) is 0 Å². The van der Waals surface area contributed by atoms with Crippen LogP contribution in [0.3, 0.4) is 0 Å². The molecule has 1 aliphatic heterocycles. The van der Waals surface area contributed by atoms with Gasteiger partial charge in [-0.3, -0.25) is 0 Å². The van der Waals surface area contributed by atoms with Crippen LogP contribution in [0.5, 0.6) is 0 Å². The van der Waals surface area contributed by atoms with Crippen molar-refractivity contribution in [2.75, 3.05) is 6.54 Å². The molecular formula is C10H19N5. The Bertz CT molecular complexity index is 249. The Kier molecular flexibility index (Phi) is 4.08. The predicted octanol–water partition coefficient (Wildman–Crippen LogP) is 1.57. The first kappa shape index (κ1) is 10.5. The molecule has 84 valence electrons. The van der Waals surface area contributed by atoms with Crippen molar-refractivity contribution in [3.05, 3.63) is 5.82 Å². The summed E-state index contributed by atoms with van der Waals surface area (Å²) in [4.78, 5) is 0. The third-order valence-corrected chi connectivity index (χ3v) is 2.98. The van der Waals surface area contributed by atoms with Crippen LogP contribution in [0, 0.1) is 0 Å². The van der Waals surface area contributed by atoms with E-state index in [1.807, 2.05) is 0 Å². The smallest absolute Gasteiger partial charge is 0.191 e. The van der Waals surface area contributed by atoms with Gasteiger partial charge in [-0.25, -0.2) is 0 Å². The molecule has 2 heterocycles. The maximum atomic E-state index is 4.06. The average Bonchev–Trinajstić information content (AvgIpc) is 2.79. The first-order valence-electron chi connectivity index (χ1n) is 5.93. The monoisotopic (exact) mass is 209 g/mol. The van der Waals surface area contributed by atoms with Crippen molar-refractivity contribution in [2.45, 2.75) is 51.0 Å². The first-order valence-corrected chi connectivity index (χ1v) is 5.93. The molecule has 1 fully saturated rings. The summed E-state index contributed by atoms with van der Waals surface area (Å²) in [6.07, 6.45) is 9.07. The van der Waals surface area contributed by atoms with Crippen molar-refractivity contribution in [2.24, 2.45) is 0 Å². The molecule has 1 aromatic heterocycles. The van der Waals surface area contributed by atoms with Crippen LogP contribution < -0.4 is 5.32 Å². The number of nitrogens with zero attached hydrogens (tertiary/aromatic N) is 3. The summed E-state index contributed by atoms with van der Waals surface area (Å²) in [5, 5.41) is 17.8. The van der Waals surface area contributed by atoms with Crippen LogP contribution in [0.25, 0.3) is 0 Å². The molecule has 1 aliphatic rings. The van der Waals surface area contributed by atoms with Crippen LogP contribution in [0.1, 0.15) is 56.8 Å². The molecule has 1 atom stereocenters. The van der Waals surface area contributed by atoms with Gasteiger partial charge < -0.3 is 5.32 Å². The van der Waals surface area contributed by atoms with Gasteiger partial charge in [0.05, 0.1) is 6.04 Å². The number of H-pyrrole nitrogens is 1. The highest BCUT2D eigenvalue weighted by atomic mass is 15.5. The maximum Gasteiger partial charge on any atom is 0.191 e. The standard InChI is InChI=1S/C10H19N5/c1-2-4-6-8-11-9(7-5-3-1)10-12-14-15-13-10/h9,11H,1-8H2,(H,12,13,14,15). The summed E-state index contributed by atoms with van der Waals surface area (Å²) in [6.45, 7) is 1.07. The number of nitrogens with one attached hydrogen (secondary N) is 2. The molecule has 2 N–H and O–H groups in total. The second-order valence-corrected chi connectivity index (χ2v) is 4.19. The molecule has 0 spiro atoms. The lowest BCUT2D eigenvalue weighted by molar-refractivity contribution is 0.422. The largest absolute Gasteiger partial charge is 0.307 e. The second-order valence-electron chi connectivity index (χ2n) is 4.19. The van der Waals surface area contributed by atoms with E-state index >= 15 is 0 Å². The van der Waals surface area contributed by atoms with E-state index in [2.05, 4.69) is 25.9 Å². The summed E-state index contributed by atoms with van der Waals surface area (Å²) in [5.74, 6) is 0.815. The van der Waals surface area contributed by atoms with Gasteiger partial charge in [-0.1, -0.05) is 37.3 Å². The van der Waals surface area contributed by atoms with Crippen LogP contribution in [0.2, 0.25) is 0 Å². The van der Waals surface area contributed by atoms with Gasteiger partial charge >= 0.3 is 0 Å². The fraction of sp³-hybridized carbons (Fsp3) is 0.900. The third kappa shape index (κ3) is 3.27. The zero-order valence-corrected chi connectivity index (χ0v) is 9.08. The van der Waals surface area contributed by atoms with Crippen molar-refractivity contribution in [3.63, 3.8) is 0 Å². The van der Waals surface area contributed by atoms with E-state index in [1.54, 1.807) is 0 Å². The fourth-order valence-corrected chi connectivity index (χ4v) is 2.10. The normalized spacial score (nSPS) is 24.9. The Morgan fingerprint density at radius 1 is 1.00 bits per heavy atom. The number of hydrogen-bond acceptors (Lipinski definition) is 4. The minimum absolute atomic E-state index is 0.293. The lowest BCUT2D eigenvalue weighted by Gasteiger charge is -2.16. The van der Waals surface area contributed by atoms with Gasteiger partial charge in [-0.05, 0) is 19.4 Å². The predicted molar refractivity (Wildman–Crippen MR) is 57.2 cm³/mol. The summed E-state index contributed by atoms with van der Waals surface area (Å²) in [5.41, 5.74) is 0. The highest BCUT2D eigenvalue weighted by Crippen LogP contribution is 2.18. The molecular weight excluding hydrogens is 190 g/mol. The Morgan fingerprint density at radius 3 is 2.60 bits per heavy atom. The topological polar surface area (TPSA) is 66.5 Å². The molecule has 0 amide bonds. The molecule has 0 radical (unpaired) electrons. The number of tetrazole rings is 1. The average molecular weight is 209 g/mol. The number of aromatic amines is 1. The Morgan fingerprint density at radius 2 is 1.80 bits per heavy atom. The van der Waals surface area contributed by atoms with E-state index in [4.69, 9.17) is 0 Å². The lowest BCUT2D eigenvalue weighted by atomic mass is 10.0. The van der Waals surface area contributed by atoms with Crippen molar-refractivity contribution < 1.29 is 0 Å². The van der Waals surface area contributed by atoms with Crippen LogP contribution in [0.4, 0.5) is 0 Å². The Hall–Kier alpha value is -0.970. The van der Waals surface area contributed by atoms with E-state index in [9.17, 15) is 0 Å². The molecule has 15 heavy (non-hydrogen) atoms. The molecule has 0 saturated carbocycles. The molecule has 5 heteroatoms. The van der Waals surface area contributed by atoms with E-state index < -0.39 is 0 Å². The summed E-state index contributed by atoms with van der Waals surface area (Å²) < 4.78 is 0. The molecule has 1 aromatic rings. The molecule has 2 rings (SSSR count). The quantitative estimate of drug-likeness (QED) is 0.737. The van der Waals surface area contributed by atoms with Gasteiger partial charge in [0, 0.05) is 0 Å². The highest BCUT2D eigenvalue weighted by Gasteiger charge is 2.15. The molecule has 0 aromatic carbocycles. The number of aromatic nitrogens is 4. The zero-order chi connectivity index (χ0) is 10.3. The summed E-state index contributed by atoms with van der Waals surface area (Å²) >= 11 is 0. The first-order chi connectivity index (χ1) is 7.47. The maximum absolute atomic E-state index is 4.06. The Balaban J connectivity index is 1.90. The van der Waals surface area contributed by atoms with Crippen molar-refractivity contribution >= 4 is 0 Å². The van der Waals surface area contributed by atoms with E-state index in [1.165, 1.54) is 38.5 Å². The van der Waals surface area contributed by atoms with Crippen molar-refractivity contribution in [1.82, 2.24) is 25.9 Å². The van der Waals surface area contributed by atoms with Crippen LogP contribution in [-0.2, 0) is 0 Å². The number of rotatable bonds is 1.